The van der Waals surface area contributed by atoms with Gasteiger partial charge < -0.3 is 14.2 Å². The maximum atomic E-state index is 12.4. The number of hydrogen-bond donors (Lipinski definition) is 0. The van der Waals surface area contributed by atoms with Crippen LogP contribution in [-0.4, -0.2) is 52.0 Å². The number of ether oxygens (including phenoxy) is 1. The fourth-order valence-corrected chi connectivity index (χ4v) is 5.36. The van der Waals surface area contributed by atoms with Crippen molar-refractivity contribution in [3.05, 3.63) is 59.9 Å². The van der Waals surface area contributed by atoms with Gasteiger partial charge in [-0.2, -0.15) is 0 Å². The molecular formula is C24H28N4O2. The highest BCUT2D eigenvalue weighted by Crippen LogP contribution is 2.45. The lowest BCUT2D eigenvalue weighted by atomic mass is 9.89. The minimum Gasteiger partial charge on any atom is -0.497 e. The molecule has 2 fully saturated rings. The van der Waals surface area contributed by atoms with Gasteiger partial charge >= 0.3 is 0 Å². The SMILES string of the molecule is COc1ccc([C@H]2[C@@H]3CN(Cc4nc5ccccc5n4C)C[C@@H]3CN2C(C)=O)cc1. The Hall–Kier alpha value is -2.86. The van der Waals surface area contributed by atoms with Crippen LogP contribution in [0.1, 0.15) is 24.4 Å². The molecule has 2 aliphatic heterocycles. The first-order chi connectivity index (χ1) is 14.5. The van der Waals surface area contributed by atoms with Crippen LogP contribution in [0, 0.1) is 11.8 Å². The Balaban J connectivity index is 1.38. The summed E-state index contributed by atoms with van der Waals surface area (Å²) >= 11 is 0. The number of imidazole rings is 1. The molecule has 1 aromatic heterocycles. The molecule has 5 rings (SSSR count). The normalized spacial score (nSPS) is 23.8. The summed E-state index contributed by atoms with van der Waals surface area (Å²) in [7, 11) is 3.78. The Morgan fingerprint density at radius 3 is 2.57 bits per heavy atom. The van der Waals surface area contributed by atoms with Crippen LogP contribution in [0.15, 0.2) is 48.5 Å². The average Bonchev–Trinajstić information content (AvgIpc) is 3.40. The molecule has 6 nitrogen and oxygen atoms in total. The van der Waals surface area contributed by atoms with Crippen molar-refractivity contribution in [3.8, 4) is 5.75 Å². The number of benzene rings is 2. The van der Waals surface area contributed by atoms with E-state index in [1.54, 1.807) is 14.0 Å². The molecule has 0 N–H and O–H groups in total. The summed E-state index contributed by atoms with van der Waals surface area (Å²) in [6.45, 7) is 5.34. The minimum atomic E-state index is 0.129. The summed E-state index contributed by atoms with van der Waals surface area (Å²) in [5.41, 5.74) is 3.42. The molecule has 3 aromatic rings. The van der Waals surface area contributed by atoms with E-state index in [1.165, 1.54) is 11.1 Å². The van der Waals surface area contributed by atoms with E-state index < -0.39 is 0 Å². The number of aromatic nitrogens is 2. The van der Waals surface area contributed by atoms with Gasteiger partial charge in [0.05, 0.1) is 30.7 Å². The molecule has 2 aliphatic rings. The first kappa shape index (κ1) is 19.1. The van der Waals surface area contributed by atoms with Crippen molar-refractivity contribution >= 4 is 16.9 Å². The molecule has 2 aromatic carbocycles. The van der Waals surface area contributed by atoms with Crippen molar-refractivity contribution in [2.24, 2.45) is 18.9 Å². The summed E-state index contributed by atoms with van der Waals surface area (Å²) in [5, 5.41) is 0. The molecule has 3 heterocycles. The fourth-order valence-electron chi connectivity index (χ4n) is 5.36. The van der Waals surface area contributed by atoms with Crippen molar-refractivity contribution in [2.75, 3.05) is 26.7 Å². The van der Waals surface area contributed by atoms with Crippen LogP contribution in [0.25, 0.3) is 11.0 Å². The van der Waals surface area contributed by atoms with Crippen LogP contribution in [0.2, 0.25) is 0 Å². The molecule has 0 unspecified atom stereocenters. The van der Waals surface area contributed by atoms with Crippen LogP contribution in [0.3, 0.4) is 0 Å². The van der Waals surface area contributed by atoms with Crippen LogP contribution < -0.4 is 4.74 Å². The number of amides is 1. The molecule has 156 valence electrons. The van der Waals surface area contributed by atoms with Gasteiger partial charge in [-0.15, -0.1) is 0 Å². The van der Waals surface area contributed by atoms with Crippen molar-refractivity contribution in [1.29, 1.82) is 0 Å². The monoisotopic (exact) mass is 404 g/mol. The van der Waals surface area contributed by atoms with Crippen LogP contribution >= 0.6 is 0 Å². The summed E-state index contributed by atoms with van der Waals surface area (Å²) in [4.78, 5) is 21.8. The third-order valence-corrected chi connectivity index (χ3v) is 6.85. The van der Waals surface area contributed by atoms with Gasteiger partial charge in [0.15, 0.2) is 0 Å². The van der Waals surface area contributed by atoms with E-state index >= 15 is 0 Å². The predicted molar refractivity (Wildman–Crippen MR) is 116 cm³/mol. The zero-order valence-corrected chi connectivity index (χ0v) is 17.8. The van der Waals surface area contributed by atoms with Gasteiger partial charge in [0, 0.05) is 39.5 Å². The summed E-state index contributed by atoms with van der Waals surface area (Å²) in [6, 6.07) is 16.6. The fraction of sp³-hybridized carbons (Fsp3) is 0.417. The van der Waals surface area contributed by atoms with Crippen molar-refractivity contribution < 1.29 is 9.53 Å². The lowest BCUT2D eigenvalue weighted by molar-refractivity contribution is -0.130. The van der Waals surface area contributed by atoms with Gasteiger partial charge in [0.2, 0.25) is 5.91 Å². The molecule has 1 amide bonds. The molecule has 0 saturated carbocycles. The van der Waals surface area contributed by atoms with E-state index in [1.807, 2.05) is 18.2 Å². The Bertz CT molecular complexity index is 1070. The molecular weight excluding hydrogens is 376 g/mol. The Kier molecular flexibility index (Phi) is 4.74. The smallest absolute Gasteiger partial charge is 0.219 e. The highest BCUT2D eigenvalue weighted by molar-refractivity contribution is 5.76. The summed E-state index contributed by atoms with van der Waals surface area (Å²) in [5.74, 6) is 3.04. The second-order valence-corrected chi connectivity index (χ2v) is 8.58. The molecule has 6 heteroatoms. The quantitative estimate of drug-likeness (QED) is 0.670. The van der Waals surface area contributed by atoms with E-state index in [9.17, 15) is 4.79 Å². The zero-order chi connectivity index (χ0) is 20.8. The van der Waals surface area contributed by atoms with Crippen molar-refractivity contribution in [2.45, 2.75) is 19.5 Å². The third-order valence-electron chi connectivity index (χ3n) is 6.85. The maximum absolute atomic E-state index is 12.4. The molecule has 0 radical (unpaired) electrons. The number of likely N-dealkylation sites (tertiary alicyclic amines) is 2. The number of aryl methyl sites for hydroxylation is 1. The molecule has 30 heavy (non-hydrogen) atoms. The number of carbonyl (C=O) groups excluding carboxylic acids is 1. The number of para-hydroxylation sites is 2. The van der Waals surface area contributed by atoms with Crippen molar-refractivity contribution in [3.63, 3.8) is 0 Å². The molecule has 2 saturated heterocycles. The Morgan fingerprint density at radius 2 is 1.87 bits per heavy atom. The first-order valence-corrected chi connectivity index (χ1v) is 10.6. The number of methoxy groups -OCH3 is 1. The van der Waals surface area contributed by atoms with Gasteiger partial charge in [0.25, 0.3) is 0 Å². The van der Waals surface area contributed by atoms with Crippen LogP contribution in [0.5, 0.6) is 5.75 Å². The Morgan fingerprint density at radius 1 is 1.10 bits per heavy atom. The van der Waals surface area contributed by atoms with Crippen LogP contribution in [0.4, 0.5) is 0 Å². The largest absolute Gasteiger partial charge is 0.497 e. The highest BCUT2D eigenvalue weighted by atomic mass is 16.5. The lowest BCUT2D eigenvalue weighted by Gasteiger charge is -2.29. The van der Waals surface area contributed by atoms with E-state index in [2.05, 4.69) is 51.7 Å². The number of rotatable bonds is 4. The summed E-state index contributed by atoms with van der Waals surface area (Å²) in [6.07, 6.45) is 0. The molecule has 0 aliphatic carbocycles. The second-order valence-electron chi connectivity index (χ2n) is 8.58. The topological polar surface area (TPSA) is 50.6 Å². The first-order valence-electron chi connectivity index (χ1n) is 10.6. The lowest BCUT2D eigenvalue weighted by Crippen LogP contribution is -2.34. The van der Waals surface area contributed by atoms with Gasteiger partial charge in [-0.3, -0.25) is 9.69 Å². The van der Waals surface area contributed by atoms with Gasteiger partial charge in [0.1, 0.15) is 11.6 Å². The highest BCUT2D eigenvalue weighted by Gasteiger charge is 2.48. The Labute approximate surface area is 177 Å². The maximum Gasteiger partial charge on any atom is 0.219 e. The zero-order valence-electron chi connectivity index (χ0n) is 17.8. The molecule has 3 atom stereocenters. The molecule has 0 bridgehead atoms. The average molecular weight is 405 g/mol. The predicted octanol–water partition coefficient (Wildman–Crippen LogP) is 3.23. The number of nitrogens with zero attached hydrogens (tertiary/aromatic N) is 4. The number of carbonyl (C=O) groups is 1. The minimum absolute atomic E-state index is 0.129. The van der Waals surface area contributed by atoms with Gasteiger partial charge in [-0.05, 0) is 35.7 Å². The van der Waals surface area contributed by atoms with E-state index in [-0.39, 0.29) is 11.9 Å². The second kappa shape index (κ2) is 7.43. The van der Waals surface area contributed by atoms with Gasteiger partial charge in [-0.1, -0.05) is 24.3 Å². The van der Waals surface area contributed by atoms with E-state index in [0.29, 0.717) is 11.8 Å². The van der Waals surface area contributed by atoms with Crippen LogP contribution in [-0.2, 0) is 18.4 Å². The van der Waals surface area contributed by atoms with Crippen molar-refractivity contribution in [1.82, 2.24) is 19.4 Å². The van der Waals surface area contributed by atoms with E-state index in [0.717, 1.165) is 43.3 Å². The number of fused-ring (bicyclic) bond motifs is 2. The number of hydrogen-bond acceptors (Lipinski definition) is 4. The van der Waals surface area contributed by atoms with Gasteiger partial charge in [-0.25, -0.2) is 4.98 Å². The van der Waals surface area contributed by atoms with E-state index in [4.69, 9.17) is 9.72 Å². The standard InChI is InChI=1S/C24H28N4O2/c1-16(29)28-13-18-12-27(15-23-25-21-6-4-5-7-22(21)26(23)2)14-20(18)24(28)17-8-10-19(30-3)11-9-17/h4-11,18,20,24H,12-15H2,1-3H3/t18-,20-,24+/m1/s1. The molecule has 0 spiro atoms. The summed E-state index contributed by atoms with van der Waals surface area (Å²) < 4.78 is 7.51. The third kappa shape index (κ3) is 3.16.